The van der Waals surface area contributed by atoms with Crippen LogP contribution in [0, 0.1) is 6.92 Å². The Morgan fingerprint density at radius 3 is 2.62 bits per heavy atom. The molecule has 0 radical (unpaired) electrons. The number of fused-ring (bicyclic) bond motifs is 1. The average Bonchev–Trinajstić information content (AvgIpc) is 2.93. The van der Waals surface area contributed by atoms with Crippen molar-refractivity contribution in [2.24, 2.45) is 0 Å². The Morgan fingerprint density at radius 2 is 1.90 bits per heavy atom. The van der Waals surface area contributed by atoms with Crippen molar-refractivity contribution in [3.8, 4) is 5.75 Å². The maximum atomic E-state index is 5.98. The molecule has 2 aromatic carbocycles. The summed E-state index contributed by atoms with van der Waals surface area (Å²) in [5.74, 6) is 1.80. The SMILES string of the molecule is CNC(c1ccc(C)c(OC)c1)c1cc2ccccc2o1. The third-order valence-corrected chi connectivity index (χ3v) is 3.78. The first-order valence-corrected chi connectivity index (χ1v) is 7.03. The molecule has 1 unspecified atom stereocenters. The van der Waals surface area contributed by atoms with Crippen molar-refractivity contribution in [3.05, 3.63) is 65.4 Å². The molecule has 3 heteroatoms. The van der Waals surface area contributed by atoms with Gasteiger partial charge in [0.25, 0.3) is 0 Å². The fourth-order valence-electron chi connectivity index (χ4n) is 2.63. The molecule has 3 rings (SSSR count). The van der Waals surface area contributed by atoms with Gasteiger partial charge in [-0.05, 0) is 43.3 Å². The molecule has 1 heterocycles. The van der Waals surface area contributed by atoms with E-state index in [0.717, 1.165) is 33.6 Å². The Bertz CT molecular complexity index is 728. The molecule has 0 spiro atoms. The zero-order valence-corrected chi connectivity index (χ0v) is 12.5. The van der Waals surface area contributed by atoms with Gasteiger partial charge in [-0.2, -0.15) is 0 Å². The molecule has 3 aromatic rings. The Balaban J connectivity index is 2.05. The first kappa shape index (κ1) is 13.7. The van der Waals surface area contributed by atoms with Crippen LogP contribution < -0.4 is 10.1 Å². The van der Waals surface area contributed by atoms with Crippen molar-refractivity contribution in [2.75, 3.05) is 14.2 Å². The van der Waals surface area contributed by atoms with E-state index in [1.807, 2.05) is 32.2 Å². The quantitative estimate of drug-likeness (QED) is 0.783. The summed E-state index contributed by atoms with van der Waals surface area (Å²) in [7, 11) is 3.63. The number of rotatable bonds is 4. The predicted octanol–water partition coefficient (Wildman–Crippen LogP) is 4.06. The first-order valence-electron chi connectivity index (χ1n) is 7.03. The van der Waals surface area contributed by atoms with Crippen LogP contribution in [0.4, 0.5) is 0 Å². The van der Waals surface area contributed by atoms with Crippen LogP contribution in [0.5, 0.6) is 5.75 Å². The molecule has 108 valence electrons. The van der Waals surface area contributed by atoms with E-state index in [-0.39, 0.29) is 6.04 Å². The number of para-hydroxylation sites is 1. The summed E-state index contributed by atoms with van der Waals surface area (Å²) in [4.78, 5) is 0. The van der Waals surface area contributed by atoms with Crippen LogP contribution in [0.3, 0.4) is 0 Å². The van der Waals surface area contributed by atoms with Crippen LogP contribution in [0.1, 0.15) is 22.9 Å². The van der Waals surface area contributed by atoms with Gasteiger partial charge in [-0.25, -0.2) is 0 Å². The molecule has 1 atom stereocenters. The topological polar surface area (TPSA) is 34.4 Å². The van der Waals surface area contributed by atoms with E-state index in [1.165, 1.54) is 0 Å². The average molecular weight is 281 g/mol. The lowest BCUT2D eigenvalue weighted by atomic mass is 10.0. The maximum absolute atomic E-state index is 5.98. The van der Waals surface area contributed by atoms with Crippen LogP contribution in [0.15, 0.2) is 52.9 Å². The van der Waals surface area contributed by atoms with Crippen molar-refractivity contribution >= 4 is 11.0 Å². The number of furan rings is 1. The van der Waals surface area contributed by atoms with E-state index in [1.54, 1.807) is 7.11 Å². The molecule has 0 bridgehead atoms. The minimum absolute atomic E-state index is 0.00639. The van der Waals surface area contributed by atoms with Gasteiger partial charge >= 0.3 is 0 Å². The Kier molecular flexibility index (Phi) is 3.67. The fourth-order valence-corrected chi connectivity index (χ4v) is 2.63. The Labute approximate surface area is 124 Å². The number of ether oxygens (including phenoxy) is 1. The van der Waals surface area contributed by atoms with Crippen molar-refractivity contribution < 1.29 is 9.15 Å². The highest BCUT2D eigenvalue weighted by Crippen LogP contribution is 2.30. The van der Waals surface area contributed by atoms with Gasteiger partial charge in [-0.1, -0.05) is 30.3 Å². The van der Waals surface area contributed by atoms with Gasteiger partial charge in [-0.3, -0.25) is 0 Å². The largest absolute Gasteiger partial charge is 0.496 e. The van der Waals surface area contributed by atoms with Gasteiger partial charge in [0, 0.05) is 5.39 Å². The third kappa shape index (κ3) is 2.52. The molecule has 0 saturated carbocycles. The van der Waals surface area contributed by atoms with Crippen LogP contribution in [0.2, 0.25) is 0 Å². The number of hydrogen-bond acceptors (Lipinski definition) is 3. The lowest BCUT2D eigenvalue weighted by Gasteiger charge is -2.16. The highest BCUT2D eigenvalue weighted by molar-refractivity contribution is 5.78. The lowest BCUT2D eigenvalue weighted by Crippen LogP contribution is -2.17. The van der Waals surface area contributed by atoms with Crippen molar-refractivity contribution in [3.63, 3.8) is 0 Å². The van der Waals surface area contributed by atoms with Gasteiger partial charge in [-0.15, -0.1) is 0 Å². The summed E-state index contributed by atoms with van der Waals surface area (Å²) in [5.41, 5.74) is 3.16. The molecule has 0 amide bonds. The van der Waals surface area contributed by atoms with Crippen LogP contribution in [-0.4, -0.2) is 14.2 Å². The summed E-state index contributed by atoms with van der Waals surface area (Å²) in [6, 6.07) is 16.4. The number of nitrogens with one attached hydrogen (secondary N) is 1. The van der Waals surface area contributed by atoms with E-state index in [9.17, 15) is 0 Å². The van der Waals surface area contributed by atoms with Crippen LogP contribution in [-0.2, 0) is 0 Å². The number of aryl methyl sites for hydroxylation is 1. The van der Waals surface area contributed by atoms with Crippen molar-refractivity contribution in [1.82, 2.24) is 5.32 Å². The second-order valence-electron chi connectivity index (χ2n) is 5.14. The van der Waals surface area contributed by atoms with E-state index < -0.39 is 0 Å². The molecular formula is C18H19NO2. The normalized spacial score (nSPS) is 12.5. The minimum atomic E-state index is 0.00639. The molecular weight excluding hydrogens is 262 g/mol. The van der Waals surface area contributed by atoms with Gasteiger partial charge in [0.05, 0.1) is 13.2 Å². The molecule has 0 aliphatic rings. The standard InChI is InChI=1S/C18H19NO2/c1-12-8-9-14(11-16(12)20-3)18(19-2)17-10-13-6-4-5-7-15(13)21-17/h4-11,18-19H,1-3H3. The smallest absolute Gasteiger partial charge is 0.134 e. The molecule has 0 aliphatic carbocycles. The van der Waals surface area contributed by atoms with E-state index in [0.29, 0.717) is 0 Å². The summed E-state index contributed by atoms with van der Waals surface area (Å²) >= 11 is 0. The summed E-state index contributed by atoms with van der Waals surface area (Å²) < 4.78 is 11.4. The van der Waals surface area contributed by atoms with E-state index in [2.05, 4.69) is 35.6 Å². The first-order chi connectivity index (χ1) is 10.2. The zero-order valence-electron chi connectivity index (χ0n) is 12.5. The number of methoxy groups -OCH3 is 1. The van der Waals surface area contributed by atoms with Crippen LogP contribution in [0.25, 0.3) is 11.0 Å². The molecule has 0 fully saturated rings. The summed E-state index contributed by atoms with van der Waals surface area (Å²) in [6.45, 7) is 2.04. The third-order valence-electron chi connectivity index (χ3n) is 3.78. The lowest BCUT2D eigenvalue weighted by molar-refractivity contribution is 0.410. The molecule has 1 aromatic heterocycles. The van der Waals surface area contributed by atoms with Crippen molar-refractivity contribution in [2.45, 2.75) is 13.0 Å². The number of benzene rings is 2. The molecule has 0 aliphatic heterocycles. The Hall–Kier alpha value is -2.26. The van der Waals surface area contributed by atoms with Gasteiger partial charge in [0.2, 0.25) is 0 Å². The number of hydrogen-bond donors (Lipinski definition) is 1. The van der Waals surface area contributed by atoms with Crippen molar-refractivity contribution in [1.29, 1.82) is 0 Å². The second-order valence-corrected chi connectivity index (χ2v) is 5.14. The fraction of sp³-hybridized carbons (Fsp3) is 0.222. The van der Waals surface area contributed by atoms with E-state index >= 15 is 0 Å². The van der Waals surface area contributed by atoms with Gasteiger partial charge < -0.3 is 14.5 Å². The predicted molar refractivity (Wildman–Crippen MR) is 84.8 cm³/mol. The highest BCUT2D eigenvalue weighted by Gasteiger charge is 2.17. The molecule has 21 heavy (non-hydrogen) atoms. The second kappa shape index (κ2) is 5.62. The maximum Gasteiger partial charge on any atom is 0.134 e. The summed E-state index contributed by atoms with van der Waals surface area (Å²) in [6.07, 6.45) is 0. The van der Waals surface area contributed by atoms with Crippen LogP contribution >= 0.6 is 0 Å². The highest BCUT2D eigenvalue weighted by atomic mass is 16.5. The minimum Gasteiger partial charge on any atom is -0.496 e. The molecule has 0 saturated heterocycles. The summed E-state index contributed by atoms with van der Waals surface area (Å²) in [5, 5.41) is 4.43. The van der Waals surface area contributed by atoms with Gasteiger partial charge in [0.1, 0.15) is 17.1 Å². The molecule has 3 nitrogen and oxygen atoms in total. The zero-order chi connectivity index (χ0) is 14.8. The Morgan fingerprint density at radius 1 is 1.10 bits per heavy atom. The monoisotopic (exact) mass is 281 g/mol. The van der Waals surface area contributed by atoms with Gasteiger partial charge in [0.15, 0.2) is 0 Å². The molecule has 1 N–H and O–H groups in total. The van der Waals surface area contributed by atoms with E-state index in [4.69, 9.17) is 9.15 Å².